The van der Waals surface area contributed by atoms with Gasteiger partial charge in [0.2, 0.25) is 0 Å². The molecule has 1 aliphatic rings. The Morgan fingerprint density at radius 2 is 2.00 bits per heavy atom. The van der Waals surface area contributed by atoms with E-state index in [-0.39, 0.29) is 6.10 Å². The molecule has 3 heteroatoms. The van der Waals surface area contributed by atoms with Crippen LogP contribution in [0.3, 0.4) is 0 Å². The molecule has 0 fully saturated rings. The van der Waals surface area contributed by atoms with Gasteiger partial charge in [0.1, 0.15) is 11.5 Å². The standard InChI is InChI=1S/C9H14O3/c1-10-7-4-8(11-2)6-9(5-7)12-3/h4-5,8H,6H2,1-3H3/t8-/m1/s1. The van der Waals surface area contributed by atoms with E-state index >= 15 is 0 Å². The third kappa shape index (κ3) is 2.01. The van der Waals surface area contributed by atoms with Gasteiger partial charge in [-0.15, -0.1) is 0 Å². The Balaban J connectivity index is 2.70. The molecule has 0 amide bonds. The van der Waals surface area contributed by atoms with Gasteiger partial charge >= 0.3 is 0 Å². The van der Waals surface area contributed by atoms with Gasteiger partial charge in [0.05, 0.1) is 20.3 Å². The summed E-state index contributed by atoms with van der Waals surface area (Å²) < 4.78 is 15.4. The van der Waals surface area contributed by atoms with E-state index in [1.807, 2.05) is 12.2 Å². The Bertz CT molecular complexity index is 206. The molecule has 0 aromatic rings. The average molecular weight is 170 g/mol. The van der Waals surface area contributed by atoms with Gasteiger partial charge < -0.3 is 14.2 Å². The monoisotopic (exact) mass is 170 g/mol. The molecule has 1 rings (SSSR count). The van der Waals surface area contributed by atoms with Crippen LogP contribution in [-0.2, 0) is 14.2 Å². The topological polar surface area (TPSA) is 27.7 Å². The van der Waals surface area contributed by atoms with E-state index in [0.29, 0.717) is 0 Å². The maximum absolute atomic E-state index is 5.18. The lowest BCUT2D eigenvalue weighted by molar-refractivity contribution is 0.114. The molecule has 0 radical (unpaired) electrons. The zero-order valence-corrected chi connectivity index (χ0v) is 7.66. The first kappa shape index (κ1) is 9.13. The van der Waals surface area contributed by atoms with Crippen molar-refractivity contribution in [3.63, 3.8) is 0 Å². The predicted molar refractivity (Wildman–Crippen MR) is 45.6 cm³/mol. The Kier molecular flexibility index (Phi) is 3.17. The van der Waals surface area contributed by atoms with Crippen molar-refractivity contribution < 1.29 is 14.2 Å². The summed E-state index contributed by atoms with van der Waals surface area (Å²) in [7, 11) is 4.96. The number of rotatable bonds is 3. The maximum Gasteiger partial charge on any atom is 0.120 e. The fourth-order valence-corrected chi connectivity index (χ4v) is 1.13. The van der Waals surface area contributed by atoms with E-state index in [0.717, 1.165) is 17.9 Å². The summed E-state index contributed by atoms with van der Waals surface area (Å²) in [4.78, 5) is 0. The second-order valence-electron chi connectivity index (χ2n) is 2.57. The maximum atomic E-state index is 5.18. The lowest BCUT2D eigenvalue weighted by Crippen LogP contribution is -2.14. The summed E-state index contributed by atoms with van der Waals surface area (Å²) in [5, 5.41) is 0. The van der Waals surface area contributed by atoms with Crippen LogP contribution in [-0.4, -0.2) is 27.4 Å². The van der Waals surface area contributed by atoms with Crippen LogP contribution in [0.5, 0.6) is 0 Å². The van der Waals surface area contributed by atoms with Crippen LogP contribution in [0.1, 0.15) is 6.42 Å². The summed E-state index contributed by atoms with van der Waals surface area (Å²) in [6.07, 6.45) is 4.65. The SMILES string of the molecule is COC1=C[C@@H](OC)CC(OC)=C1. The predicted octanol–water partition coefficient (Wildman–Crippen LogP) is 1.47. The zero-order valence-electron chi connectivity index (χ0n) is 7.66. The minimum atomic E-state index is 0.0694. The Labute approximate surface area is 72.6 Å². The van der Waals surface area contributed by atoms with Crippen molar-refractivity contribution in [1.29, 1.82) is 0 Å². The van der Waals surface area contributed by atoms with E-state index in [9.17, 15) is 0 Å². The van der Waals surface area contributed by atoms with Crippen LogP contribution < -0.4 is 0 Å². The molecule has 0 heterocycles. The molecule has 0 N–H and O–H groups in total. The molecule has 0 aliphatic heterocycles. The van der Waals surface area contributed by atoms with Crippen LogP contribution in [0.4, 0.5) is 0 Å². The van der Waals surface area contributed by atoms with E-state index in [2.05, 4.69) is 0 Å². The van der Waals surface area contributed by atoms with Gasteiger partial charge in [0.25, 0.3) is 0 Å². The first-order valence-electron chi connectivity index (χ1n) is 3.83. The lowest BCUT2D eigenvalue weighted by atomic mass is 10.1. The van der Waals surface area contributed by atoms with Crippen molar-refractivity contribution in [2.24, 2.45) is 0 Å². The normalized spacial score (nSPS) is 22.8. The summed E-state index contributed by atoms with van der Waals surface area (Å²) in [6.45, 7) is 0. The summed E-state index contributed by atoms with van der Waals surface area (Å²) in [5.74, 6) is 1.69. The van der Waals surface area contributed by atoms with Crippen molar-refractivity contribution in [2.75, 3.05) is 21.3 Å². The first-order valence-corrected chi connectivity index (χ1v) is 3.83. The molecule has 1 aliphatic carbocycles. The van der Waals surface area contributed by atoms with Crippen molar-refractivity contribution >= 4 is 0 Å². The molecule has 68 valence electrons. The average Bonchev–Trinajstić information content (AvgIpc) is 2.16. The quantitative estimate of drug-likeness (QED) is 0.642. The van der Waals surface area contributed by atoms with Gasteiger partial charge in [-0.1, -0.05) is 0 Å². The van der Waals surface area contributed by atoms with Crippen molar-refractivity contribution in [3.05, 3.63) is 23.7 Å². The van der Waals surface area contributed by atoms with Crippen LogP contribution in [0.2, 0.25) is 0 Å². The van der Waals surface area contributed by atoms with Gasteiger partial charge in [0, 0.05) is 19.6 Å². The molecule has 0 saturated heterocycles. The highest BCUT2D eigenvalue weighted by Gasteiger charge is 2.15. The van der Waals surface area contributed by atoms with Gasteiger partial charge in [-0.2, -0.15) is 0 Å². The van der Waals surface area contributed by atoms with Crippen molar-refractivity contribution in [1.82, 2.24) is 0 Å². The van der Waals surface area contributed by atoms with E-state index in [1.54, 1.807) is 21.3 Å². The molecule has 0 aromatic carbocycles. The second kappa shape index (κ2) is 4.16. The highest BCUT2D eigenvalue weighted by Crippen LogP contribution is 2.20. The van der Waals surface area contributed by atoms with Crippen molar-refractivity contribution in [3.8, 4) is 0 Å². The largest absolute Gasteiger partial charge is 0.501 e. The van der Waals surface area contributed by atoms with Gasteiger partial charge in [-0.25, -0.2) is 0 Å². The summed E-state index contributed by atoms with van der Waals surface area (Å²) >= 11 is 0. The Hall–Kier alpha value is -0.960. The number of hydrogen-bond donors (Lipinski definition) is 0. The van der Waals surface area contributed by atoms with Crippen molar-refractivity contribution in [2.45, 2.75) is 12.5 Å². The molecule has 3 nitrogen and oxygen atoms in total. The lowest BCUT2D eigenvalue weighted by Gasteiger charge is -2.18. The molecule has 1 atom stereocenters. The zero-order chi connectivity index (χ0) is 8.97. The van der Waals surface area contributed by atoms with Crippen LogP contribution in [0.25, 0.3) is 0 Å². The van der Waals surface area contributed by atoms with E-state index < -0.39 is 0 Å². The second-order valence-corrected chi connectivity index (χ2v) is 2.57. The molecule has 0 unspecified atom stereocenters. The minimum absolute atomic E-state index is 0.0694. The summed E-state index contributed by atoms with van der Waals surface area (Å²) in [5.41, 5.74) is 0. The Morgan fingerprint density at radius 3 is 2.50 bits per heavy atom. The first-order chi connectivity index (χ1) is 5.80. The van der Waals surface area contributed by atoms with E-state index in [1.165, 1.54) is 0 Å². The smallest absolute Gasteiger partial charge is 0.120 e. The number of ether oxygens (including phenoxy) is 3. The third-order valence-corrected chi connectivity index (χ3v) is 1.86. The number of methoxy groups -OCH3 is 3. The van der Waals surface area contributed by atoms with Crippen LogP contribution in [0.15, 0.2) is 23.7 Å². The molecular weight excluding hydrogens is 156 g/mol. The summed E-state index contributed by atoms with van der Waals surface area (Å²) in [6, 6.07) is 0. The molecule has 0 aromatic heterocycles. The van der Waals surface area contributed by atoms with Crippen LogP contribution in [0, 0.1) is 0 Å². The van der Waals surface area contributed by atoms with Gasteiger partial charge in [-0.05, 0) is 6.08 Å². The highest BCUT2D eigenvalue weighted by molar-refractivity contribution is 5.22. The third-order valence-electron chi connectivity index (χ3n) is 1.86. The molecule has 0 bridgehead atoms. The Morgan fingerprint density at radius 1 is 1.25 bits per heavy atom. The molecule has 12 heavy (non-hydrogen) atoms. The van der Waals surface area contributed by atoms with Gasteiger partial charge in [-0.3, -0.25) is 0 Å². The van der Waals surface area contributed by atoms with Gasteiger partial charge in [0.15, 0.2) is 0 Å². The van der Waals surface area contributed by atoms with E-state index in [4.69, 9.17) is 14.2 Å². The fourth-order valence-electron chi connectivity index (χ4n) is 1.13. The van der Waals surface area contributed by atoms with Crippen LogP contribution >= 0.6 is 0 Å². The number of allylic oxidation sites excluding steroid dienone is 1. The molecule has 0 spiro atoms. The molecular formula is C9H14O3. The fraction of sp³-hybridized carbons (Fsp3) is 0.556. The number of hydrogen-bond acceptors (Lipinski definition) is 3. The molecule has 0 saturated carbocycles. The highest BCUT2D eigenvalue weighted by atomic mass is 16.5. The minimum Gasteiger partial charge on any atom is -0.501 e.